The van der Waals surface area contributed by atoms with Crippen molar-refractivity contribution in [3.63, 3.8) is 0 Å². The van der Waals surface area contributed by atoms with Gasteiger partial charge in [-0.15, -0.1) is 0 Å². The van der Waals surface area contributed by atoms with Crippen LogP contribution in [0.3, 0.4) is 0 Å². The van der Waals surface area contributed by atoms with Crippen LogP contribution in [0.15, 0.2) is 91.3 Å². The van der Waals surface area contributed by atoms with E-state index < -0.39 is 0 Å². The number of amides is 2. The molecule has 2 amide bonds. The van der Waals surface area contributed by atoms with Gasteiger partial charge in [-0.2, -0.15) is 0 Å². The Bertz CT molecular complexity index is 1100. The average Bonchev–Trinajstić information content (AvgIpc) is 2.74. The van der Waals surface area contributed by atoms with Gasteiger partial charge in [-0.3, -0.25) is 4.98 Å². The monoisotopic (exact) mass is 367 g/mol. The molecule has 1 atom stereocenters. The van der Waals surface area contributed by atoms with Gasteiger partial charge in [0.15, 0.2) is 0 Å². The molecule has 0 saturated heterocycles. The van der Waals surface area contributed by atoms with E-state index in [0.29, 0.717) is 0 Å². The van der Waals surface area contributed by atoms with Crippen molar-refractivity contribution in [3.05, 3.63) is 96.8 Å². The summed E-state index contributed by atoms with van der Waals surface area (Å²) in [5.41, 5.74) is 3.73. The zero-order valence-electron chi connectivity index (χ0n) is 15.6. The fourth-order valence-electron chi connectivity index (χ4n) is 3.43. The van der Waals surface area contributed by atoms with Crippen molar-refractivity contribution < 1.29 is 4.79 Å². The lowest BCUT2D eigenvalue weighted by Gasteiger charge is -2.18. The van der Waals surface area contributed by atoms with Crippen LogP contribution in [0.4, 0.5) is 10.5 Å². The Kier molecular flexibility index (Phi) is 5.02. The van der Waals surface area contributed by atoms with Crippen molar-refractivity contribution in [3.8, 4) is 11.1 Å². The number of hydrogen-bond acceptors (Lipinski definition) is 2. The highest BCUT2D eigenvalue weighted by Crippen LogP contribution is 2.28. The van der Waals surface area contributed by atoms with Crippen LogP contribution in [0, 0.1) is 0 Å². The first-order valence-electron chi connectivity index (χ1n) is 9.27. The Balaban J connectivity index is 1.54. The lowest BCUT2D eigenvalue weighted by molar-refractivity contribution is 0.249. The predicted octanol–water partition coefficient (Wildman–Crippen LogP) is 5.78. The zero-order valence-corrected chi connectivity index (χ0v) is 15.6. The molecule has 0 aliphatic heterocycles. The third-order valence-corrected chi connectivity index (χ3v) is 4.79. The maximum Gasteiger partial charge on any atom is 0.319 e. The highest BCUT2D eigenvalue weighted by molar-refractivity contribution is 5.95. The molecule has 4 aromatic rings. The van der Waals surface area contributed by atoms with Gasteiger partial charge >= 0.3 is 6.03 Å². The summed E-state index contributed by atoms with van der Waals surface area (Å²) < 4.78 is 0. The normalized spacial score (nSPS) is 11.8. The van der Waals surface area contributed by atoms with Crippen molar-refractivity contribution in [2.75, 3.05) is 5.32 Å². The molecule has 1 aromatic heterocycles. The molecule has 0 aliphatic rings. The maximum atomic E-state index is 12.7. The molecule has 2 N–H and O–H groups in total. The van der Waals surface area contributed by atoms with E-state index in [0.717, 1.165) is 33.2 Å². The summed E-state index contributed by atoms with van der Waals surface area (Å²) in [6, 6.07) is 25.6. The van der Waals surface area contributed by atoms with Gasteiger partial charge in [-0.25, -0.2) is 4.79 Å². The first-order valence-corrected chi connectivity index (χ1v) is 9.27. The number of rotatable bonds is 4. The molecule has 28 heavy (non-hydrogen) atoms. The number of nitrogens with one attached hydrogen (secondary N) is 2. The molecule has 0 saturated carbocycles. The van der Waals surface area contributed by atoms with E-state index in [1.807, 2.05) is 61.5 Å². The summed E-state index contributed by atoms with van der Waals surface area (Å²) in [6.45, 7) is 1.99. The number of urea groups is 1. The highest BCUT2D eigenvalue weighted by Gasteiger charge is 2.14. The van der Waals surface area contributed by atoms with E-state index in [-0.39, 0.29) is 12.1 Å². The van der Waals surface area contributed by atoms with Crippen molar-refractivity contribution in [1.82, 2.24) is 10.3 Å². The van der Waals surface area contributed by atoms with Crippen molar-refractivity contribution >= 4 is 22.5 Å². The molecule has 3 aromatic carbocycles. The van der Waals surface area contributed by atoms with Gasteiger partial charge in [0.1, 0.15) is 0 Å². The first-order chi connectivity index (χ1) is 13.7. The van der Waals surface area contributed by atoms with Gasteiger partial charge in [0, 0.05) is 23.5 Å². The first kappa shape index (κ1) is 17.7. The van der Waals surface area contributed by atoms with Gasteiger partial charge in [-0.05, 0) is 35.4 Å². The van der Waals surface area contributed by atoms with Gasteiger partial charge in [-0.1, -0.05) is 66.7 Å². The molecule has 4 nitrogen and oxygen atoms in total. The fraction of sp³-hybridized carbons (Fsp3) is 0.0833. The zero-order chi connectivity index (χ0) is 19.3. The summed E-state index contributed by atoms with van der Waals surface area (Å²) >= 11 is 0. The molecule has 0 spiro atoms. The third kappa shape index (κ3) is 3.71. The van der Waals surface area contributed by atoms with Crippen LogP contribution in [0.5, 0.6) is 0 Å². The molecule has 0 bridgehead atoms. The molecular formula is C24H21N3O. The summed E-state index contributed by atoms with van der Waals surface area (Å²) in [6.07, 6.45) is 3.52. The predicted molar refractivity (Wildman–Crippen MR) is 114 cm³/mol. The molecule has 1 heterocycles. The smallest absolute Gasteiger partial charge is 0.319 e. The van der Waals surface area contributed by atoms with Gasteiger partial charge in [0.2, 0.25) is 0 Å². The van der Waals surface area contributed by atoms with Crippen molar-refractivity contribution in [2.45, 2.75) is 13.0 Å². The SMILES string of the molecule is C[C@@H](NC(=O)Nc1ccccc1-c1cccnc1)c1cccc2ccccc12. The lowest BCUT2D eigenvalue weighted by Crippen LogP contribution is -2.31. The van der Waals surface area contributed by atoms with Crippen LogP contribution in [0.2, 0.25) is 0 Å². The van der Waals surface area contributed by atoms with Gasteiger partial charge in [0.25, 0.3) is 0 Å². The maximum absolute atomic E-state index is 12.7. The number of nitrogens with zero attached hydrogens (tertiary/aromatic N) is 1. The summed E-state index contributed by atoms with van der Waals surface area (Å²) in [7, 11) is 0. The molecule has 0 aliphatic carbocycles. The molecule has 138 valence electrons. The van der Waals surface area contributed by atoms with Crippen molar-refractivity contribution in [2.24, 2.45) is 0 Å². The molecule has 4 heteroatoms. The Morgan fingerprint density at radius 1 is 0.893 bits per heavy atom. The Labute approximate surface area is 164 Å². The Morgan fingerprint density at radius 2 is 1.68 bits per heavy atom. The van der Waals surface area contributed by atoms with E-state index in [9.17, 15) is 4.79 Å². The van der Waals surface area contributed by atoms with E-state index in [4.69, 9.17) is 0 Å². The number of carbonyl (C=O) groups excluding carboxylic acids is 1. The highest BCUT2D eigenvalue weighted by atomic mass is 16.2. The summed E-state index contributed by atoms with van der Waals surface area (Å²) in [5.74, 6) is 0. The number of carbonyl (C=O) groups is 1. The minimum absolute atomic E-state index is 0.128. The number of hydrogen-bond donors (Lipinski definition) is 2. The summed E-state index contributed by atoms with van der Waals surface area (Å²) in [5, 5.41) is 8.34. The number of fused-ring (bicyclic) bond motifs is 1. The number of pyridine rings is 1. The van der Waals surface area contributed by atoms with Gasteiger partial charge < -0.3 is 10.6 Å². The Hall–Kier alpha value is -3.66. The third-order valence-electron chi connectivity index (χ3n) is 4.79. The number of benzene rings is 3. The van der Waals surface area contributed by atoms with Crippen LogP contribution in [0.25, 0.3) is 21.9 Å². The topological polar surface area (TPSA) is 54.0 Å². The standard InChI is InChI=1S/C24H21N3O/c1-17(20-13-6-9-18-8-2-3-11-21(18)20)26-24(28)27-23-14-5-4-12-22(23)19-10-7-15-25-16-19/h2-17H,1H3,(H2,26,27,28)/t17-/m1/s1. The minimum Gasteiger partial charge on any atom is -0.331 e. The van der Waals surface area contributed by atoms with Crippen LogP contribution in [0.1, 0.15) is 18.5 Å². The average molecular weight is 367 g/mol. The quantitative estimate of drug-likeness (QED) is 0.480. The van der Waals surface area contributed by atoms with E-state index >= 15 is 0 Å². The van der Waals surface area contributed by atoms with E-state index in [1.54, 1.807) is 12.4 Å². The van der Waals surface area contributed by atoms with Crippen LogP contribution >= 0.6 is 0 Å². The second kappa shape index (κ2) is 7.92. The van der Waals surface area contributed by atoms with E-state index in [2.05, 4.69) is 39.9 Å². The molecule has 0 fully saturated rings. The van der Waals surface area contributed by atoms with E-state index in [1.165, 1.54) is 0 Å². The minimum atomic E-state index is -0.239. The number of anilines is 1. The van der Waals surface area contributed by atoms with Crippen LogP contribution in [-0.2, 0) is 0 Å². The van der Waals surface area contributed by atoms with Crippen molar-refractivity contribution in [1.29, 1.82) is 0 Å². The van der Waals surface area contributed by atoms with Crippen LogP contribution < -0.4 is 10.6 Å². The lowest BCUT2D eigenvalue weighted by atomic mass is 10.00. The number of aromatic nitrogens is 1. The molecule has 4 rings (SSSR count). The molecular weight excluding hydrogens is 346 g/mol. The molecule has 0 radical (unpaired) electrons. The van der Waals surface area contributed by atoms with Gasteiger partial charge in [0.05, 0.1) is 11.7 Å². The molecule has 0 unspecified atom stereocenters. The summed E-state index contributed by atoms with van der Waals surface area (Å²) in [4.78, 5) is 16.8. The Morgan fingerprint density at radius 3 is 2.54 bits per heavy atom. The largest absolute Gasteiger partial charge is 0.331 e. The fourth-order valence-corrected chi connectivity index (χ4v) is 3.43. The number of para-hydroxylation sites is 1. The van der Waals surface area contributed by atoms with Crippen LogP contribution in [-0.4, -0.2) is 11.0 Å². The second-order valence-electron chi connectivity index (χ2n) is 6.68. The second-order valence-corrected chi connectivity index (χ2v) is 6.68.